The van der Waals surface area contributed by atoms with Gasteiger partial charge in [-0.25, -0.2) is 4.79 Å². The Morgan fingerprint density at radius 2 is 2.00 bits per heavy atom. The van der Waals surface area contributed by atoms with Gasteiger partial charge in [-0.1, -0.05) is 31.0 Å². The van der Waals surface area contributed by atoms with Crippen molar-refractivity contribution in [1.82, 2.24) is 4.98 Å². The molecule has 1 N–H and O–H groups in total. The van der Waals surface area contributed by atoms with Gasteiger partial charge >= 0.3 is 5.63 Å². The highest BCUT2D eigenvalue weighted by Gasteiger charge is 2.09. The minimum Gasteiger partial charge on any atom is -0.493 e. The maximum absolute atomic E-state index is 11.5. The average Bonchev–Trinajstić information content (AvgIpc) is 2.37. The molecule has 0 aliphatic carbocycles. The van der Waals surface area contributed by atoms with Crippen molar-refractivity contribution in [3.8, 4) is 17.7 Å². The quantitative estimate of drug-likeness (QED) is 0.772. The molecule has 0 radical (unpaired) electrons. The van der Waals surface area contributed by atoms with E-state index in [1.807, 2.05) is 30.3 Å². The van der Waals surface area contributed by atoms with Crippen LogP contribution in [0.2, 0.25) is 0 Å². The molecule has 2 rings (SSSR count). The molecule has 0 atom stereocenters. The van der Waals surface area contributed by atoms with Crippen molar-refractivity contribution >= 4 is 0 Å². The average molecular weight is 241 g/mol. The maximum Gasteiger partial charge on any atom is 0.346 e. The minimum absolute atomic E-state index is 0.0847. The molecule has 0 fully saturated rings. The Morgan fingerprint density at radius 1 is 1.28 bits per heavy atom. The van der Waals surface area contributed by atoms with E-state index in [9.17, 15) is 9.90 Å². The molecule has 0 bridgehead atoms. The molecular weight excluding hydrogens is 230 g/mol. The van der Waals surface area contributed by atoms with Crippen molar-refractivity contribution in [2.24, 2.45) is 0 Å². The molecule has 4 heteroatoms. The molecule has 0 saturated heterocycles. The first-order valence-corrected chi connectivity index (χ1v) is 5.50. The second-order valence-electron chi connectivity index (χ2n) is 3.58. The summed E-state index contributed by atoms with van der Waals surface area (Å²) in [4.78, 5) is 15.2. The fraction of sp³-hybridized carbons (Fsp3) is 0.143. The van der Waals surface area contributed by atoms with Crippen LogP contribution in [0.5, 0.6) is 5.88 Å². The summed E-state index contributed by atoms with van der Waals surface area (Å²) in [5, 5.41) is 9.53. The third-order valence-corrected chi connectivity index (χ3v) is 2.35. The van der Waals surface area contributed by atoms with E-state index in [1.165, 1.54) is 0 Å². The number of aromatic hydroxyl groups is 1. The number of nitrogens with zero attached hydrogens (tertiary/aromatic N) is 1. The first-order chi connectivity index (χ1) is 8.70. The summed E-state index contributed by atoms with van der Waals surface area (Å²) in [5.74, 6) is 5.00. The predicted molar refractivity (Wildman–Crippen MR) is 66.2 cm³/mol. The first-order valence-electron chi connectivity index (χ1n) is 5.50. The van der Waals surface area contributed by atoms with Crippen molar-refractivity contribution in [3.63, 3.8) is 0 Å². The van der Waals surface area contributed by atoms with Crippen molar-refractivity contribution in [3.05, 3.63) is 57.8 Å². The van der Waals surface area contributed by atoms with E-state index in [1.54, 1.807) is 6.92 Å². The van der Waals surface area contributed by atoms with E-state index in [0.717, 1.165) is 5.56 Å². The molecule has 1 aromatic heterocycles. The topological polar surface area (TPSA) is 63.3 Å². The Labute approximate surface area is 104 Å². The standard InChI is InChI=1S/C14H11NO3/c1-2-11-13(16)15-12(18-14(11)17)9-8-10-6-4-3-5-7-10/h3-7,16H,2H2,1H3. The van der Waals surface area contributed by atoms with Crippen molar-refractivity contribution in [1.29, 1.82) is 0 Å². The van der Waals surface area contributed by atoms with Crippen LogP contribution in [0.25, 0.3) is 0 Å². The van der Waals surface area contributed by atoms with Gasteiger partial charge in [0, 0.05) is 5.56 Å². The summed E-state index contributed by atoms with van der Waals surface area (Å²) >= 11 is 0. The lowest BCUT2D eigenvalue weighted by Crippen LogP contribution is -2.09. The summed E-state index contributed by atoms with van der Waals surface area (Å²) < 4.78 is 4.90. The van der Waals surface area contributed by atoms with Crippen LogP contribution in [0.1, 0.15) is 23.9 Å². The van der Waals surface area contributed by atoms with Gasteiger partial charge in [0.2, 0.25) is 5.88 Å². The molecule has 1 heterocycles. The van der Waals surface area contributed by atoms with Crippen molar-refractivity contribution in [2.45, 2.75) is 13.3 Å². The smallest absolute Gasteiger partial charge is 0.346 e. The van der Waals surface area contributed by atoms with Crippen molar-refractivity contribution < 1.29 is 9.52 Å². The molecule has 4 nitrogen and oxygen atoms in total. The highest BCUT2D eigenvalue weighted by atomic mass is 16.4. The van der Waals surface area contributed by atoms with Crippen LogP contribution >= 0.6 is 0 Å². The van der Waals surface area contributed by atoms with Gasteiger partial charge in [-0.05, 0) is 24.5 Å². The molecule has 0 saturated carbocycles. The van der Waals surface area contributed by atoms with Gasteiger partial charge < -0.3 is 9.52 Å². The normalized spacial score (nSPS) is 9.61. The van der Waals surface area contributed by atoms with Crippen LogP contribution in [0.15, 0.2) is 39.5 Å². The van der Waals surface area contributed by atoms with Crippen molar-refractivity contribution in [2.75, 3.05) is 0 Å². The largest absolute Gasteiger partial charge is 0.493 e. The highest BCUT2D eigenvalue weighted by Crippen LogP contribution is 2.09. The fourth-order valence-corrected chi connectivity index (χ4v) is 1.43. The zero-order valence-electron chi connectivity index (χ0n) is 9.80. The van der Waals surface area contributed by atoms with Gasteiger partial charge in [-0.2, -0.15) is 4.98 Å². The molecular formula is C14H11NO3. The SMILES string of the molecule is CCc1c(O)nc(C#Cc2ccccc2)oc1=O. The minimum atomic E-state index is -0.595. The van der Waals surface area contributed by atoms with Crippen LogP contribution in [0.4, 0.5) is 0 Å². The van der Waals surface area contributed by atoms with E-state index >= 15 is 0 Å². The third kappa shape index (κ3) is 2.58. The molecule has 18 heavy (non-hydrogen) atoms. The second kappa shape index (κ2) is 5.19. The predicted octanol–water partition coefficient (Wildman–Crippen LogP) is 1.70. The molecule has 90 valence electrons. The summed E-state index contributed by atoms with van der Waals surface area (Å²) in [6.45, 7) is 1.74. The van der Waals surface area contributed by atoms with E-state index in [-0.39, 0.29) is 17.3 Å². The first kappa shape index (κ1) is 11.9. The monoisotopic (exact) mass is 241 g/mol. The Bertz CT molecular complexity index is 663. The second-order valence-corrected chi connectivity index (χ2v) is 3.58. The summed E-state index contributed by atoms with van der Waals surface area (Å²) in [7, 11) is 0. The van der Waals surface area contributed by atoms with E-state index in [4.69, 9.17) is 4.42 Å². The van der Waals surface area contributed by atoms with Crippen LogP contribution in [0, 0.1) is 11.8 Å². The number of benzene rings is 1. The number of hydrogen-bond donors (Lipinski definition) is 1. The van der Waals surface area contributed by atoms with E-state index in [0.29, 0.717) is 6.42 Å². The molecule has 1 aromatic carbocycles. The highest BCUT2D eigenvalue weighted by molar-refractivity contribution is 5.37. The summed E-state index contributed by atoms with van der Waals surface area (Å²) in [6.07, 6.45) is 0.369. The fourth-order valence-electron chi connectivity index (χ4n) is 1.43. The molecule has 0 spiro atoms. The lowest BCUT2D eigenvalue weighted by Gasteiger charge is -1.97. The van der Waals surface area contributed by atoms with Gasteiger partial charge in [0.15, 0.2) is 0 Å². The van der Waals surface area contributed by atoms with Crippen LogP contribution in [0.3, 0.4) is 0 Å². The van der Waals surface area contributed by atoms with Crippen LogP contribution in [-0.2, 0) is 6.42 Å². The summed E-state index contributed by atoms with van der Waals surface area (Å²) in [5.41, 5.74) is 0.351. The van der Waals surface area contributed by atoms with Gasteiger partial charge in [-0.3, -0.25) is 0 Å². The molecule has 0 aliphatic rings. The Morgan fingerprint density at radius 3 is 2.61 bits per heavy atom. The van der Waals surface area contributed by atoms with Gasteiger partial charge in [0.25, 0.3) is 5.89 Å². The molecule has 0 amide bonds. The lowest BCUT2D eigenvalue weighted by molar-refractivity contribution is 0.397. The Balaban J connectivity index is 2.37. The summed E-state index contributed by atoms with van der Waals surface area (Å²) in [6, 6.07) is 9.23. The zero-order chi connectivity index (χ0) is 13.0. The van der Waals surface area contributed by atoms with Crippen LogP contribution in [-0.4, -0.2) is 10.1 Å². The molecule has 2 aromatic rings. The molecule has 0 aliphatic heterocycles. The van der Waals surface area contributed by atoms with Crippen LogP contribution < -0.4 is 5.63 Å². The zero-order valence-corrected chi connectivity index (χ0v) is 9.80. The Hall–Kier alpha value is -2.54. The molecule has 0 unspecified atom stereocenters. The number of rotatable bonds is 1. The lowest BCUT2D eigenvalue weighted by atomic mass is 10.2. The van der Waals surface area contributed by atoms with Gasteiger partial charge in [0.1, 0.15) is 0 Å². The van der Waals surface area contributed by atoms with E-state index in [2.05, 4.69) is 16.8 Å². The Kier molecular flexibility index (Phi) is 3.44. The van der Waals surface area contributed by atoms with Gasteiger partial charge in [0.05, 0.1) is 5.56 Å². The van der Waals surface area contributed by atoms with E-state index < -0.39 is 5.63 Å². The maximum atomic E-state index is 11.5. The number of hydrogen-bond acceptors (Lipinski definition) is 4. The third-order valence-electron chi connectivity index (χ3n) is 2.35. The number of aromatic nitrogens is 1. The van der Waals surface area contributed by atoms with Gasteiger partial charge in [-0.15, -0.1) is 0 Å².